The number of hydrogen-bond acceptors (Lipinski definition) is 5. The molecule has 0 radical (unpaired) electrons. The maximum atomic E-state index is 13.0. The molecule has 1 N–H and O–H groups in total. The smallest absolute Gasteiger partial charge is 0.243 e. The lowest BCUT2D eigenvalue weighted by atomic mass is 9.98. The van der Waals surface area contributed by atoms with Crippen LogP contribution in [0.25, 0.3) is 0 Å². The number of benzene rings is 2. The maximum absolute atomic E-state index is 13.0. The Kier molecular flexibility index (Phi) is 7.58. The van der Waals surface area contributed by atoms with Crippen molar-refractivity contribution in [2.24, 2.45) is 5.92 Å². The molecule has 0 spiro atoms. The Labute approximate surface area is 201 Å². The minimum atomic E-state index is -3.64. The number of hydrogen-bond donors (Lipinski definition) is 1. The molecular formula is C24H31ClN4O3S. The van der Waals surface area contributed by atoms with Crippen molar-refractivity contribution in [3.63, 3.8) is 0 Å². The van der Waals surface area contributed by atoms with Crippen LogP contribution in [-0.2, 0) is 21.4 Å². The summed E-state index contributed by atoms with van der Waals surface area (Å²) in [6.45, 7) is 5.20. The Balaban J connectivity index is 1.31. The van der Waals surface area contributed by atoms with Crippen LogP contribution in [0.5, 0.6) is 0 Å². The van der Waals surface area contributed by atoms with Crippen molar-refractivity contribution in [1.29, 1.82) is 0 Å². The number of anilines is 1. The summed E-state index contributed by atoms with van der Waals surface area (Å²) in [6, 6.07) is 14.5. The van der Waals surface area contributed by atoms with Crippen molar-refractivity contribution in [2.75, 3.05) is 51.2 Å². The zero-order valence-electron chi connectivity index (χ0n) is 18.9. The Bertz CT molecular complexity index is 1050. The molecule has 2 aromatic rings. The summed E-state index contributed by atoms with van der Waals surface area (Å²) in [7, 11) is -1.50. The van der Waals surface area contributed by atoms with Crippen LogP contribution in [0.15, 0.2) is 53.4 Å². The van der Waals surface area contributed by atoms with E-state index >= 15 is 0 Å². The summed E-state index contributed by atoms with van der Waals surface area (Å²) in [6.07, 6.45) is 1.34. The molecule has 9 heteroatoms. The molecule has 2 saturated heterocycles. The minimum absolute atomic E-state index is 0.103. The molecule has 2 aromatic carbocycles. The van der Waals surface area contributed by atoms with Crippen molar-refractivity contribution in [3.05, 3.63) is 59.1 Å². The van der Waals surface area contributed by atoms with E-state index in [9.17, 15) is 13.2 Å². The van der Waals surface area contributed by atoms with E-state index in [0.717, 1.165) is 31.7 Å². The molecule has 2 aliphatic rings. The summed E-state index contributed by atoms with van der Waals surface area (Å²) in [4.78, 5) is 17.7. The van der Waals surface area contributed by atoms with Crippen LogP contribution in [0.1, 0.15) is 18.4 Å². The highest BCUT2D eigenvalue weighted by molar-refractivity contribution is 7.89. The van der Waals surface area contributed by atoms with Gasteiger partial charge in [0.15, 0.2) is 0 Å². The van der Waals surface area contributed by atoms with Gasteiger partial charge in [-0.2, -0.15) is 4.31 Å². The zero-order chi connectivity index (χ0) is 23.4. The topological polar surface area (TPSA) is 73.0 Å². The van der Waals surface area contributed by atoms with E-state index < -0.39 is 10.0 Å². The van der Waals surface area contributed by atoms with Gasteiger partial charge < -0.3 is 15.1 Å². The lowest BCUT2D eigenvalue weighted by Crippen LogP contribution is -2.45. The average molecular weight is 491 g/mol. The van der Waals surface area contributed by atoms with E-state index in [1.807, 2.05) is 12.1 Å². The van der Waals surface area contributed by atoms with Gasteiger partial charge in [-0.25, -0.2) is 8.42 Å². The van der Waals surface area contributed by atoms with E-state index in [0.29, 0.717) is 31.0 Å². The van der Waals surface area contributed by atoms with Crippen LogP contribution in [0.4, 0.5) is 5.69 Å². The van der Waals surface area contributed by atoms with Crippen molar-refractivity contribution in [3.8, 4) is 0 Å². The number of carbonyl (C=O) groups excluding carboxylic acids is 1. The molecule has 1 atom stereocenters. The van der Waals surface area contributed by atoms with E-state index in [-0.39, 0.29) is 23.3 Å². The third-order valence-electron chi connectivity index (χ3n) is 6.48. The molecule has 1 amide bonds. The SMILES string of the molecule is CN1CCN(c2ccc(CNC(=O)C3CCCN(S(=O)(=O)c4ccc(Cl)cc4)C3)cc2)CC1. The molecule has 2 heterocycles. The van der Waals surface area contributed by atoms with Gasteiger partial charge >= 0.3 is 0 Å². The first-order valence-electron chi connectivity index (χ1n) is 11.4. The molecule has 2 fully saturated rings. The number of amides is 1. The second-order valence-corrected chi connectivity index (χ2v) is 11.2. The van der Waals surface area contributed by atoms with Crippen LogP contribution < -0.4 is 10.2 Å². The van der Waals surface area contributed by atoms with Gasteiger partial charge in [-0.1, -0.05) is 23.7 Å². The average Bonchev–Trinajstić information content (AvgIpc) is 2.84. The second kappa shape index (κ2) is 10.4. The number of piperidine rings is 1. The highest BCUT2D eigenvalue weighted by Gasteiger charge is 2.33. The number of halogens is 1. The third kappa shape index (κ3) is 5.87. The summed E-state index contributed by atoms with van der Waals surface area (Å²) in [5, 5.41) is 3.48. The Morgan fingerprint density at radius 3 is 2.33 bits per heavy atom. The Morgan fingerprint density at radius 1 is 1.00 bits per heavy atom. The molecule has 4 rings (SSSR count). The molecular weight excluding hydrogens is 460 g/mol. The quantitative estimate of drug-likeness (QED) is 0.674. The van der Waals surface area contributed by atoms with Crippen molar-refractivity contribution in [1.82, 2.24) is 14.5 Å². The number of likely N-dealkylation sites (N-methyl/N-ethyl adjacent to an activating group) is 1. The molecule has 0 aliphatic carbocycles. The van der Waals surface area contributed by atoms with Crippen molar-refractivity contribution in [2.45, 2.75) is 24.3 Å². The molecule has 7 nitrogen and oxygen atoms in total. The van der Waals surface area contributed by atoms with E-state index in [1.165, 1.54) is 22.1 Å². The van der Waals surface area contributed by atoms with Crippen LogP contribution in [0.2, 0.25) is 5.02 Å². The van der Waals surface area contributed by atoms with E-state index in [4.69, 9.17) is 11.6 Å². The van der Waals surface area contributed by atoms with Gasteiger partial charge in [0.05, 0.1) is 10.8 Å². The summed E-state index contributed by atoms with van der Waals surface area (Å²) in [5.41, 5.74) is 2.23. The van der Waals surface area contributed by atoms with Crippen LogP contribution in [-0.4, -0.2) is 69.8 Å². The van der Waals surface area contributed by atoms with Gasteiger partial charge in [-0.05, 0) is 61.9 Å². The fourth-order valence-electron chi connectivity index (χ4n) is 4.35. The van der Waals surface area contributed by atoms with Crippen molar-refractivity contribution >= 4 is 33.2 Å². The highest BCUT2D eigenvalue weighted by Crippen LogP contribution is 2.25. The fourth-order valence-corrected chi connectivity index (χ4v) is 6.00. The van der Waals surface area contributed by atoms with Crippen LogP contribution >= 0.6 is 11.6 Å². The maximum Gasteiger partial charge on any atom is 0.243 e. The predicted octanol–water partition coefficient (Wildman–Crippen LogP) is 2.81. The highest BCUT2D eigenvalue weighted by atomic mass is 35.5. The number of sulfonamides is 1. The predicted molar refractivity (Wildman–Crippen MR) is 131 cm³/mol. The fraction of sp³-hybridized carbons (Fsp3) is 0.458. The number of carbonyl (C=O) groups is 1. The molecule has 1 unspecified atom stereocenters. The van der Waals surface area contributed by atoms with Gasteiger partial charge in [0.1, 0.15) is 0 Å². The monoisotopic (exact) mass is 490 g/mol. The van der Waals surface area contributed by atoms with Crippen molar-refractivity contribution < 1.29 is 13.2 Å². The minimum Gasteiger partial charge on any atom is -0.369 e. The zero-order valence-corrected chi connectivity index (χ0v) is 20.5. The molecule has 33 heavy (non-hydrogen) atoms. The van der Waals surface area contributed by atoms with Gasteiger partial charge in [0.25, 0.3) is 0 Å². The molecule has 178 valence electrons. The summed E-state index contributed by atoms with van der Waals surface area (Å²) >= 11 is 5.89. The molecule has 0 aromatic heterocycles. The Morgan fingerprint density at radius 2 is 1.67 bits per heavy atom. The normalized spacial score (nSPS) is 20.5. The summed E-state index contributed by atoms with van der Waals surface area (Å²) < 4.78 is 27.4. The first-order valence-corrected chi connectivity index (χ1v) is 13.2. The molecule has 0 saturated carbocycles. The molecule has 2 aliphatic heterocycles. The first-order chi connectivity index (χ1) is 15.8. The molecule has 0 bridgehead atoms. The van der Waals surface area contributed by atoms with Gasteiger partial charge in [0, 0.05) is 56.5 Å². The summed E-state index contributed by atoms with van der Waals surface area (Å²) in [5.74, 6) is -0.459. The second-order valence-electron chi connectivity index (χ2n) is 8.83. The number of nitrogens with one attached hydrogen (secondary N) is 1. The van der Waals surface area contributed by atoms with Gasteiger partial charge in [-0.15, -0.1) is 0 Å². The van der Waals surface area contributed by atoms with Crippen LogP contribution in [0, 0.1) is 5.92 Å². The van der Waals surface area contributed by atoms with E-state index in [1.54, 1.807) is 12.1 Å². The van der Waals surface area contributed by atoms with Crippen LogP contribution in [0.3, 0.4) is 0 Å². The first kappa shape index (κ1) is 24.0. The number of rotatable bonds is 6. The number of nitrogens with zero attached hydrogens (tertiary/aromatic N) is 3. The lowest BCUT2D eigenvalue weighted by molar-refractivity contribution is -0.126. The third-order valence-corrected chi connectivity index (χ3v) is 8.61. The standard InChI is InChI=1S/C24H31ClN4O3S/c1-27-13-15-28(16-14-27)22-8-4-19(5-9-22)17-26-24(30)20-3-2-12-29(18-20)33(31,32)23-10-6-21(25)7-11-23/h4-11,20H,2-3,12-18H2,1H3,(H,26,30). The van der Waals surface area contributed by atoms with E-state index in [2.05, 4.69) is 34.3 Å². The van der Waals surface area contributed by atoms with Gasteiger partial charge in [0.2, 0.25) is 15.9 Å². The van der Waals surface area contributed by atoms with Gasteiger partial charge in [-0.3, -0.25) is 4.79 Å². The Hall–Kier alpha value is -2.13. The number of piperazine rings is 1. The largest absolute Gasteiger partial charge is 0.369 e. The lowest BCUT2D eigenvalue weighted by Gasteiger charge is -2.34.